The maximum Gasteiger partial charge on any atom is 0.166 e. The molecule has 1 fully saturated rings. The van der Waals surface area contributed by atoms with Crippen molar-refractivity contribution in [2.45, 2.75) is 31.3 Å². The van der Waals surface area contributed by atoms with E-state index >= 15 is 0 Å². The fraction of sp³-hybridized carbons (Fsp3) is 0.500. The summed E-state index contributed by atoms with van der Waals surface area (Å²) in [6.45, 7) is 0.172. The summed E-state index contributed by atoms with van der Waals surface area (Å²) in [5.74, 6) is -0.209. The SMILES string of the molecule is OC1(COc2ccc(Br)cc2F)CCCC1. The van der Waals surface area contributed by atoms with Crippen molar-refractivity contribution in [2.24, 2.45) is 0 Å². The van der Waals surface area contributed by atoms with Gasteiger partial charge in [-0.15, -0.1) is 0 Å². The maximum absolute atomic E-state index is 13.4. The second-order valence-corrected chi connectivity index (χ2v) is 5.21. The Morgan fingerprint density at radius 2 is 2.06 bits per heavy atom. The smallest absolute Gasteiger partial charge is 0.166 e. The van der Waals surface area contributed by atoms with Gasteiger partial charge in [0.25, 0.3) is 0 Å². The van der Waals surface area contributed by atoms with Crippen LogP contribution in [0.2, 0.25) is 0 Å². The van der Waals surface area contributed by atoms with E-state index in [1.165, 1.54) is 6.07 Å². The number of halogens is 2. The van der Waals surface area contributed by atoms with E-state index in [0.717, 1.165) is 25.7 Å². The molecule has 2 rings (SSSR count). The lowest BCUT2D eigenvalue weighted by Crippen LogP contribution is -2.32. The summed E-state index contributed by atoms with van der Waals surface area (Å²) in [5.41, 5.74) is -0.764. The molecule has 0 radical (unpaired) electrons. The Kier molecular flexibility index (Phi) is 3.50. The summed E-state index contributed by atoms with van der Waals surface area (Å²) in [6, 6.07) is 4.64. The van der Waals surface area contributed by atoms with E-state index in [9.17, 15) is 9.50 Å². The van der Waals surface area contributed by atoms with Crippen LogP contribution in [-0.4, -0.2) is 17.3 Å². The van der Waals surface area contributed by atoms with Gasteiger partial charge in [-0.2, -0.15) is 0 Å². The molecule has 0 aromatic heterocycles. The van der Waals surface area contributed by atoms with Crippen LogP contribution >= 0.6 is 15.9 Å². The molecule has 0 atom stereocenters. The molecule has 0 saturated heterocycles. The lowest BCUT2D eigenvalue weighted by atomic mass is 10.0. The summed E-state index contributed by atoms with van der Waals surface area (Å²) in [5, 5.41) is 10.0. The fourth-order valence-electron chi connectivity index (χ4n) is 1.98. The van der Waals surface area contributed by atoms with Crippen LogP contribution in [0.3, 0.4) is 0 Å². The average Bonchev–Trinajstić information content (AvgIpc) is 2.64. The summed E-state index contributed by atoms with van der Waals surface area (Å²) in [4.78, 5) is 0. The zero-order valence-corrected chi connectivity index (χ0v) is 10.5. The maximum atomic E-state index is 13.4. The van der Waals surface area contributed by atoms with E-state index in [1.807, 2.05) is 0 Å². The fourth-order valence-corrected chi connectivity index (χ4v) is 2.31. The molecular weight excluding hydrogens is 275 g/mol. The van der Waals surface area contributed by atoms with Gasteiger partial charge in [-0.05, 0) is 31.0 Å². The molecule has 0 aliphatic heterocycles. The number of aliphatic hydroxyl groups is 1. The van der Waals surface area contributed by atoms with Crippen molar-refractivity contribution in [1.29, 1.82) is 0 Å². The topological polar surface area (TPSA) is 29.5 Å². The molecule has 1 aliphatic rings. The van der Waals surface area contributed by atoms with Crippen LogP contribution in [0.1, 0.15) is 25.7 Å². The molecule has 1 aliphatic carbocycles. The van der Waals surface area contributed by atoms with Gasteiger partial charge in [-0.25, -0.2) is 4.39 Å². The highest BCUT2D eigenvalue weighted by Crippen LogP contribution is 2.30. The molecular formula is C12H14BrFO2. The standard InChI is InChI=1S/C12H14BrFO2/c13-9-3-4-11(10(14)7-9)16-8-12(15)5-1-2-6-12/h3-4,7,15H,1-2,5-6,8H2. The predicted octanol–water partition coefficient (Wildman–Crippen LogP) is 3.27. The lowest BCUT2D eigenvalue weighted by molar-refractivity contribution is 0.000327. The van der Waals surface area contributed by atoms with Crippen LogP contribution in [0, 0.1) is 5.82 Å². The van der Waals surface area contributed by atoms with Crippen molar-refractivity contribution >= 4 is 15.9 Å². The molecule has 0 unspecified atom stereocenters. The molecule has 16 heavy (non-hydrogen) atoms. The molecule has 1 N–H and O–H groups in total. The van der Waals surface area contributed by atoms with Gasteiger partial charge in [0.05, 0.1) is 5.60 Å². The normalized spacial score (nSPS) is 18.7. The largest absolute Gasteiger partial charge is 0.488 e. The highest BCUT2D eigenvalue weighted by molar-refractivity contribution is 9.10. The van der Waals surface area contributed by atoms with Crippen LogP contribution in [-0.2, 0) is 0 Å². The van der Waals surface area contributed by atoms with Crippen molar-refractivity contribution in [3.63, 3.8) is 0 Å². The van der Waals surface area contributed by atoms with Crippen LogP contribution in [0.4, 0.5) is 4.39 Å². The molecule has 1 aromatic carbocycles. The first kappa shape index (κ1) is 11.9. The zero-order valence-electron chi connectivity index (χ0n) is 8.88. The summed E-state index contributed by atoms with van der Waals surface area (Å²) >= 11 is 3.18. The van der Waals surface area contributed by atoms with E-state index < -0.39 is 11.4 Å². The van der Waals surface area contributed by atoms with Crippen LogP contribution < -0.4 is 4.74 Å². The van der Waals surface area contributed by atoms with Gasteiger partial charge >= 0.3 is 0 Å². The number of rotatable bonds is 3. The van der Waals surface area contributed by atoms with Crippen LogP contribution in [0.15, 0.2) is 22.7 Å². The third kappa shape index (κ3) is 2.74. The third-order valence-corrected chi connectivity index (χ3v) is 3.42. The number of benzene rings is 1. The first-order valence-electron chi connectivity index (χ1n) is 5.39. The number of ether oxygens (including phenoxy) is 1. The third-order valence-electron chi connectivity index (χ3n) is 2.92. The minimum atomic E-state index is -0.764. The van der Waals surface area contributed by atoms with Crippen molar-refractivity contribution < 1.29 is 14.2 Å². The Labute approximate surface area is 103 Å². The van der Waals surface area contributed by atoms with Gasteiger partial charge in [0, 0.05) is 4.47 Å². The minimum Gasteiger partial charge on any atom is -0.488 e. The molecule has 1 saturated carbocycles. The van der Waals surface area contributed by atoms with E-state index in [2.05, 4.69) is 15.9 Å². The molecule has 0 bridgehead atoms. The van der Waals surface area contributed by atoms with Gasteiger partial charge in [0.15, 0.2) is 11.6 Å². The summed E-state index contributed by atoms with van der Waals surface area (Å²) in [7, 11) is 0. The van der Waals surface area contributed by atoms with Crippen LogP contribution in [0.5, 0.6) is 5.75 Å². The van der Waals surface area contributed by atoms with Gasteiger partial charge in [0.1, 0.15) is 6.61 Å². The monoisotopic (exact) mass is 288 g/mol. The van der Waals surface area contributed by atoms with E-state index in [1.54, 1.807) is 12.1 Å². The van der Waals surface area contributed by atoms with Gasteiger partial charge in [-0.1, -0.05) is 28.8 Å². The Morgan fingerprint density at radius 1 is 1.38 bits per heavy atom. The van der Waals surface area contributed by atoms with E-state index in [-0.39, 0.29) is 12.4 Å². The van der Waals surface area contributed by atoms with Gasteiger partial charge in [0.2, 0.25) is 0 Å². The molecule has 0 amide bonds. The Bertz CT molecular complexity index is 375. The second kappa shape index (κ2) is 4.72. The van der Waals surface area contributed by atoms with Gasteiger partial charge < -0.3 is 9.84 Å². The summed E-state index contributed by atoms with van der Waals surface area (Å²) < 4.78 is 19.4. The summed E-state index contributed by atoms with van der Waals surface area (Å²) in [6.07, 6.45) is 3.52. The van der Waals surface area contributed by atoms with Crippen molar-refractivity contribution in [3.05, 3.63) is 28.5 Å². The first-order chi connectivity index (χ1) is 7.59. The first-order valence-corrected chi connectivity index (χ1v) is 6.19. The van der Waals surface area contributed by atoms with Gasteiger partial charge in [-0.3, -0.25) is 0 Å². The van der Waals surface area contributed by atoms with Crippen molar-refractivity contribution in [2.75, 3.05) is 6.61 Å². The van der Waals surface area contributed by atoms with E-state index in [4.69, 9.17) is 4.74 Å². The molecule has 1 aromatic rings. The zero-order chi connectivity index (χ0) is 11.6. The van der Waals surface area contributed by atoms with E-state index in [0.29, 0.717) is 4.47 Å². The Balaban J connectivity index is 1.99. The highest BCUT2D eigenvalue weighted by Gasteiger charge is 2.32. The lowest BCUT2D eigenvalue weighted by Gasteiger charge is -2.22. The Morgan fingerprint density at radius 3 is 2.69 bits per heavy atom. The van der Waals surface area contributed by atoms with Crippen molar-refractivity contribution in [3.8, 4) is 5.75 Å². The molecule has 0 spiro atoms. The molecule has 0 heterocycles. The van der Waals surface area contributed by atoms with Crippen LogP contribution in [0.25, 0.3) is 0 Å². The van der Waals surface area contributed by atoms with Crippen molar-refractivity contribution in [1.82, 2.24) is 0 Å². The molecule has 88 valence electrons. The molecule has 2 nitrogen and oxygen atoms in total. The quantitative estimate of drug-likeness (QED) is 0.925. The molecule has 4 heteroatoms. The highest BCUT2D eigenvalue weighted by atomic mass is 79.9. The minimum absolute atomic E-state index is 0.172. The average molecular weight is 289 g/mol. The number of hydrogen-bond acceptors (Lipinski definition) is 2. The predicted molar refractivity (Wildman–Crippen MR) is 63.0 cm³/mol. The second-order valence-electron chi connectivity index (χ2n) is 4.29. The Hall–Kier alpha value is -0.610. The number of hydrogen-bond donors (Lipinski definition) is 1.